The van der Waals surface area contributed by atoms with Gasteiger partial charge in [-0.25, -0.2) is 9.69 Å². The number of aromatic nitrogens is 2. The van der Waals surface area contributed by atoms with Gasteiger partial charge in [0.15, 0.2) is 0 Å². The molecule has 156 valence electrons. The van der Waals surface area contributed by atoms with Crippen LogP contribution < -0.4 is 10.6 Å². The molecule has 7 heteroatoms. The smallest absolute Gasteiger partial charge is 0.329 e. The van der Waals surface area contributed by atoms with Crippen molar-refractivity contribution in [3.63, 3.8) is 0 Å². The molecule has 0 bridgehead atoms. The molecule has 0 saturated heterocycles. The maximum atomic E-state index is 13.5. The molecule has 1 N–H and O–H groups in total. The number of carbonyl (C=O) groups is 2. The van der Waals surface area contributed by atoms with Crippen LogP contribution in [0.15, 0.2) is 47.3 Å². The van der Waals surface area contributed by atoms with Crippen LogP contribution in [0.3, 0.4) is 0 Å². The lowest BCUT2D eigenvalue weighted by Crippen LogP contribution is -2.40. The third kappa shape index (κ3) is 2.49. The number of aromatic hydroxyl groups is 1. The highest BCUT2D eigenvalue weighted by Crippen LogP contribution is 2.37. The molecule has 4 aromatic rings. The highest BCUT2D eigenvalue weighted by atomic mass is 16.3. The zero-order chi connectivity index (χ0) is 22.0. The van der Waals surface area contributed by atoms with Gasteiger partial charge in [-0.2, -0.15) is 0 Å². The molecule has 0 unspecified atom stereocenters. The van der Waals surface area contributed by atoms with E-state index in [9.17, 15) is 19.5 Å². The standard InChI is InChI=1S/C24H21N3O4/c1-4-25-19-9-13(3)18(12-20(19)26(5-2)24(25)31)27-22(29)16-8-6-7-14-10-15(28)11-17(21(14)16)23(27)30/h6-12,28H,4-5H2,1-3H3. The number of hydrogen-bond donors (Lipinski definition) is 1. The van der Waals surface area contributed by atoms with Crippen LogP contribution in [0, 0.1) is 6.92 Å². The lowest BCUT2D eigenvalue weighted by molar-refractivity contribution is 0.0893. The molecule has 2 heterocycles. The molecule has 0 atom stereocenters. The van der Waals surface area contributed by atoms with Gasteiger partial charge >= 0.3 is 5.69 Å². The SMILES string of the molecule is CCn1c(=O)n(CC)c2cc(N3C(=O)c4cccc5cc(O)cc(c45)C3=O)c(C)cc21. The fraction of sp³-hybridized carbons (Fsp3) is 0.208. The molecule has 0 aliphatic carbocycles. The van der Waals surface area contributed by atoms with Crippen LogP contribution in [0.25, 0.3) is 21.8 Å². The first kappa shape index (κ1) is 19.1. The summed E-state index contributed by atoms with van der Waals surface area (Å²) in [6, 6.07) is 11.7. The van der Waals surface area contributed by atoms with E-state index in [1.807, 2.05) is 26.8 Å². The first-order valence-corrected chi connectivity index (χ1v) is 10.3. The maximum absolute atomic E-state index is 13.5. The summed E-state index contributed by atoms with van der Waals surface area (Å²) < 4.78 is 3.32. The van der Waals surface area contributed by atoms with Crippen LogP contribution in [0.4, 0.5) is 5.69 Å². The normalized spacial score (nSPS) is 13.6. The number of imide groups is 1. The summed E-state index contributed by atoms with van der Waals surface area (Å²) in [7, 11) is 0. The highest BCUT2D eigenvalue weighted by Gasteiger charge is 2.35. The second-order valence-electron chi connectivity index (χ2n) is 7.74. The molecule has 1 aromatic heterocycles. The number of carbonyl (C=O) groups excluding carboxylic acids is 2. The second-order valence-corrected chi connectivity index (χ2v) is 7.74. The van der Waals surface area contributed by atoms with E-state index in [-0.39, 0.29) is 17.0 Å². The molecule has 0 radical (unpaired) electrons. The van der Waals surface area contributed by atoms with E-state index < -0.39 is 11.8 Å². The van der Waals surface area contributed by atoms with Crippen LogP contribution >= 0.6 is 0 Å². The van der Waals surface area contributed by atoms with Crippen LogP contribution in [-0.2, 0) is 13.1 Å². The minimum absolute atomic E-state index is 0.0330. The summed E-state index contributed by atoms with van der Waals surface area (Å²) in [6.45, 7) is 6.62. The molecule has 0 spiro atoms. The molecular weight excluding hydrogens is 394 g/mol. The van der Waals surface area contributed by atoms with Gasteiger partial charge < -0.3 is 5.11 Å². The van der Waals surface area contributed by atoms with Crippen LogP contribution in [-0.4, -0.2) is 26.1 Å². The number of benzene rings is 3. The summed E-state index contributed by atoms with van der Waals surface area (Å²) in [6.07, 6.45) is 0. The van der Waals surface area contributed by atoms with Gasteiger partial charge in [-0.3, -0.25) is 18.7 Å². The van der Waals surface area contributed by atoms with E-state index in [0.717, 1.165) is 10.4 Å². The van der Waals surface area contributed by atoms with E-state index in [4.69, 9.17) is 0 Å². The molecule has 3 aromatic carbocycles. The van der Waals surface area contributed by atoms with Gasteiger partial charge in [0.05, 0.1) is 22.3 Å². The van der Waals surface area contributed by atoms with Crippen molar-refractivity contribution in [1.82, 2.24) is 9.13 Å². The Kier molecular flexibility index (Phi) is 4.05. The summed E-state index contributed by atoms with van der Waals surface area (Å²) in [5, 5.41) is 11.3. The zero-order valence-corrected chi connectivity index (χ0v) is 17.5. The molecule has 31 heavy (non-hydrogen) atoms. The molecule has 5 rings (SSSR count). The van der Waals surface area contributed by atoms with Gasteiger partial charge in [0, 0.05) is 24.0 Å². The number of phenolic OH excluding ortho intramolecular Hbond substituents is 1. The van der Waals surface area contributed by atoms with Crippen molar-refractivity contribution in [2.24, 2.45) is 0 Å². The Labute approximate surface area is 177 Å². The summed E-state index contributed by atoms with van der Waals surface area (Å²) in [5.41, 5.74) is 3.16. The number of nitrogens with zero attached hydrogens (tertiary/aromatic N) is 3. The van der Waals surface area contributed by atoms with Gasteiger partial charge in [-0.05, 0) is 62.1 Å². The molecule has 2 amide bonds. The van der Waals surface area contributed by atoms with Crippen molar-refractivity contribution in [2.75, 3.05) is 4.90 Å². The van der Waals surface area contributed by atoms with Gasteiger partial charge in [0.1, 0.15) is 5.75 Å². The highest BCUT2D eigenvalue weighted by molar-refractivity contribution is 6.36. The summed E-state index contributed by atoms with van der Waals surface area (Å²) in [4.78, 5) is 40.8. The quantitative estimate of drug-likeness (QED) is 0.516. The van der Waals surface area contributed by atoms with Gasteiger partial charge in [-0.1, -0.05) is 12.1 Å². The maximum Gasteiger partial charge on any atom is 0.329 e. The second kappa shape index (κ2) is 6.57. The first-order chi connectivity index (χ1) is 14.9. The topological polar surface area (TPSA) is 84.5 Å². The summed E-state index contributed by atoms with van der Waals surface area (Å²) in [5.74, 6) is -0.946. The molecular formula is C24H21N3O4. The average molecular weight is 415 g/mol. The number of rotatable bonds is 3. The van der Waals surface area contributed by atoms with Crippen molar-refractivity contribution >= 4 is 39.3 Å². The van der Waals surface area contributed by atoms with Gasteiger partial charge in [-0.15, -0.1) is 0 Å². The van der Waals surface area contributed by atoms with Gasteiger partial charge in [0.2, 0.25) is 0 Å². The third-order valence-corrected chi connectivity index (χ3v) is 6.04. The minimum Gasteiger partial charge on any atom is -0.508 e. The van der Waals surface area contributed by atoms with Crippen molar-refractivity contribution in [3.05, 3.63) is 69.6 Å². The largest absolute Gasteiger partial charge is 0.508 e. The Balaban J connectivity index is 1.79. The molecule has 1 aliphatic heterocycles. The molecule has 0 fully saturated rings. The van der Waals surface area contributed by atoms with Crippen molar-refractivity contribution in [2.45, 2.75) is 33.9 Å². The summed E-state index contributed by atoms with van der Waals surface area (Å²) >= 11 is 0. The molecule has 1 aliphatic rings. The Bertz CT molecular complexity index is 1490. The third-order valence-electron chi connectivity index (χ3n) is 6.04. The Hall–Kier alpha value is -3.87. The van der Waals surface area contributed by atoms with Gasteiger partial charge in [0.25, 0.3) is 11.8 Å². The molecule has 0 saturated carbocycles. The van der Waals surface area contributed by atoms with E-state index in [1.54, 1.807) is 39.5 Å². The predicted molar refractivity (Wildman–Crippen MR) is 119 cm³/mol. The first-order valence-electron chi connectivity index (χ1n) is 10.3. The lowest BCUT2D eigenvalue weighted by atomic mass is 9.93. The minimum atomic E-state index is -0.493. The fourth-order valence-electron chi connectivity index (χ4n) is 4.62. The lowest BCUT2D eigenvalue weighted by Gasteiger charge is -2.28. The average Bonchev–Trinajstić information content (AvgIpc) is 3.01. The van der Waals surface area contributed by atoms with E-state index in [1.165, 1.54) is 6.07 Å². The van der Waals surface area contributed by atoms with Crippen LogP contribution in [0.2, 0.25) is 0 Å². The number of hydrogen-bond acceptors (Lipinski definition) is 4. The van der Waals surface area contributed by atoms with Crippen LogP contribution in [0.1, 0.15) is 40.1 Å². The number of fused-ring (bicyclic) bond motifs is 1. The fourth-order valence-corrected chi connectivity index (χ4v) is 4.62. The molecule has 7 nitrogen and oxygen atoms in total. The number of aryl methyl sites for hydroxylation is 3. The van der Waals surface area contributed by atoms with E-state index in [0.29, 0.717) is 46.2 Å². The number of amides is 2. The van der Waals surface area contributed by atoms with E-state index >= 15 is 0 Å². The number of phenols is 1. The van der Waals surface area contributed by atoms with Crippen molar-refractivity contribution < 1.29 is 14.7 Å². The Morgan fingerprint density at radius 2 is 1.48 bits per heavy atom. The Morgan fingerprint density at radius 1 is 0.839 bits per heavy atom. The Morgan fingerprint density at radius 3 is 2.16 bits per heavy atom. The van der Waals surface area contributed by atoms with Crippen molar-refractivity contribution in [1.29, 1.82) is 0 Å². The predicted octanol–water partition coefficient (Wildman–Crippen LogP) is 3.81. The van der Waals surface area contributed by atoms with E-state index in [2.05, 4.69) is 0 Å². The zero-order valence-electron chi connectivity index (χ0n) is 17.5. The monoisotopic (exact) mass is 415 g/mol. The van der Waals surface area contributed by atoms with Crippen molar-refractivity contribution in [3.8, 4) is 5.75 Å². The number of anilines is 1. The number of imidazole rings is 1. The van der Waals surface area contributed by atoms with Crippen LogP contribution in [0.5, 0.6) is 5.75 Å².